The maximum absolute atomic E-state index is 11.3. The summed E-state index contributed by atoms with van der Waals surface area (Å²) in [6.45, 7) is 0. The number of amides is 1. The van der Waals surface area contributed by atoms with Crippen LogP contribution in [0.3, 0.4) is 0 Å². The number of pyridine rings is 1. The smallest absolute Gasteiger partial charge is 0.416 e. The number of hydrogen-bond donors (Lipinski definition) is 3. The van der Waals surface area contributed by atoms with Gasteiger partial charge >= 0.3 is 12.2 Å². The van der Waals surface area contributed by atoms with Crippen LogP contribution in [0, 0.1) is 0 Å². The molecule has 1 amide bonds. The first kappa shape index (κ1) is 13.4. The second-order valence-corrected chi connectivity index (χ2v) is 4.03. The number of nitrogens with two attached hydrogens (primary N) is 1. The molecule has 1 aromatic rings. The molecule has 0 radical (unpaired) electrons. The first-order chi connectivity index (χ1) is 9.50. The minimum atomic E-state index is -1.33. The molecule has 4 N–H and O–H groups in total. The van der Waals surface area contributed by atoms with Gasteiger partial charge in [-0.25, -0.2) is 14.2 Å². The summed E-state index contributed by atoms with van der Waals surface area (Å²) in [7, 11) is 0. The largest absolute Gasteiger partial charge is 0.465 e. The molecule has 1 heterocycles. The lowest BCUT2D eigenvalue weighted by Gasteiger charge is -2.12. The summed E-state index contributed by atoms with van der Waals surface area (Å²) in [5, 5.41) is 17.4. The van der Waals surface area contributed by atoms with Gasteiger partial charge in [-0.3, -0.25) is 0 Å². The van der Waals surface area contributed by atoms with Crippen molar-refractivity contribution in [1.82, 2.24) is 4.57 Å². The number of carbonyl (C=O) groups is 2. The fourth-order valence-corrected chi connectivity index (χ4v) is 2.07. The molecule has 6 nitrogen and oxygen atoms in total. The van der Waals surface area contributed by atoms with E-state index in [2.05, 4.69) is 5.73 Å². The fraction of sp³-hybridized carbons (Fsp3) is 0. The number of carboxylic acid groups (broad SMARTS) is 2. The zero-order chi connectivity index (χ0) is 14.7. The van der Waals surface area contributed by atoms with Gasteiger partial charge in [-0.15, -0.1) is 0 Å². The number of para-hydroxylation sites is 1. The molecular formula is C14H12N2O4. The van der Waals surface area contributed by atoms with Gasteiger partial charge in [-0.2, -0.15) is 0 Å². The number of aromatic nitrogens is 1. The van der Waals surface area contributed by atoms with Crippen LogP contribution in [0.5, 0.6) is 0 Å². The van der Waals surface area contributed by atoms with Gasteiger partial charge in [0.25, 0.3) is 0 Å². The van der Waals surface area contributed by atoms with Gasteiger partial charge in [-0.1, -0.05) is 30.3 Å². The van der Waals surface area contributed by atoms with Crippen molar-refractivity contribution < 1.29 is 19.8 Å². The van der Waals surface area contributed by atoms with Crippen LogP contribution in [0.15, 0.2) is 48.5 Å². The number of hydrogen-bond acceptors (Lipinski definition) is 2. The molecule has 0 unspecified atom stereocenters. The molecule has 0 saturated carbocycles. The van der Waals surface area contributed by atoms with E-state index in [0.717, 1.165) is 16.6 Å². The van der Waals surface area contributed by atoms with Gasteiger partial charge in [0.05, 0.1) is 11.2 Å². The van der Waals surface area contributed by atoms with Crippen molar-refractivity contribution in [3.05, 3.63) is 48.5 Å². The Hall–Kier alpha value is -3.02. The summed E-state index contributed by atoms with van der Waals surface area (Å²) >= 11 is 0. The molecular weight excluding hydrogens is 260 g/mol. The Bertz CT molecular complexity index is 744. The Kier molecular flexibility index (Phi) is 3.56. The van der Waals surface area contributed by atoms with E-state index in [1.54, 1.807) is 0 Å². The summed E-state index contributed by atoms with van der Waals surface area (Å²) < 4.78 is 1.32. The zero-order valence-corrected chi connectivity index (χ0v) is 10.4. The Morgan fingerprint density at radius 3 is 2.30 bits per heavy atom. The van der Waals surface area contributed by atoms with E-state index in [-0.39, 0.29) is 0 Å². The Labute approximate surface area is 114 Å². The highest BCUT2D eigenvalue weighted by atomic mass is 16.4. The maximum atomic E-state index is 11.3. The molecule has 1 aliphatic heterocycles. The van der Waals surface area contributed by atoms with Crippen molar-refractivity contribution in [1.29, 1.82) is 0 Å². The van der Waals surface area contributed by atoms with Crippen molar-refractivity contribution in [2.24, 2.45) is 5.73 Å². The Morgan fingerprint density at radius 2 is 1.65 bits per heavy atom. The van der Waals surface area contributed by atoms with E-state index >= 15 is 0 Å². The second kappa shape index (κ2) is 5.31. The molecule has 1 aliphatic carbocycles. The monoisotopic (exact) mass is 272 g/mol. The van der Waals surface area contributed by atoms with Crippen molar-refractivity contribution in [3.8, 4) is 11.3 Å². The summed E-state index contributed by atoms with van der Waals surface area (Å²) in [6, 6.07) is 15.1. The highest BCUT2D eigenvalue weighted by molar-refractivity contribution is 5.94. The first-order valence-electron chi connectivity index (χ1n) is 5.71. The molecule has 0 spiro atoms. The van der Waals surface area contributed by atoms with Crippen molar-refractivity contribution in [2.45, 2.75) is 0 Å². The average Bonchev–Trinajstić information content (AvgIpc) is 2.82. The van der Waals surface area contributed by atoms with Gasteiger partial charge in [0, 0.05) is 0 Å². The van der Waals surface area contributed by atoms with Gasteiger partial charge in [0.15, 0.2) is 0 Å². The van der Waals surface area contributed by atoms with Crippen molar-refractivity contribution in [3.63, 3.8) is 0 Å². The summed E-state index contributed by atoms with van der Waals surface area (Å²) in [6.07, 6.45) is -2.28. The SMILES string of the molecule is NC(=O)O.O=C(O)n1c2cccc-2cc2ccccc21. The maximum Gasteiger partial charge on any atom is 0.416 e. The molecule has 0 fully saturated rings. The molecule has 0 atom stereocenters. The Morgan fingerprint density at radius 1 is 1.00 bits per heavy atom. The van der Waals surface area contributed by atoms with Gasteiger partial charge < -0.3 is 15.9 Å². The van der Waals surface area contributed by atoms with E-state index in [1.807, 2.05) is 48.5 Å². The third-order valence-corrected chi connectivity index (χ3v) is 2.75. The first-order valence-corrected chi connectivity index (χ1v) is 5.71. The standard InChI is InChI=1S/C13H9NO2.CH3NO2/c15-13(16)14-11-6-2-1-4-9(11)8-10-5-3-7-12(10)14;2-1(3)4/h1-8H,(H,15,16);2H2,(H,3,4). The average molecular weight is 272 g/mol. The third-order valence-electron chi connectivity index (χ3n) is 2.75. The number of rotatable bonds is 0. The lowest BCUT2D eigenvalue weighted by Crippen LogP contribution is -2.12. The van der Waals surface area contributed by atoms with E-state index < -0.39 is 12.2 Å². The molecule has 1 aromatic carbocycles. The molecule has 3 rings (SSSR count). The van der Waals surface area contributed by atoms with E-state index in [4.69, 9.17) is 9.90 Å². The summed E-state index contributed by atoms with van der Waals surface area (Å²) in [5.74, 6) is 0. The van der Waals surface area contributed by atoms with Crippen LogP contribution >= 0.6 is 0 Å². The lowest BCUT2D eigenvalue weighted by atomic mass is 10.1. The van der Waals surface area contributed by atoms with Crippen LogP contribution in [0.25, 0.3) is 22.2 Å². The van der Waals surface area contributed by atoms with E-state index in [0.29, 0.717) is 5.52 Å². The summed E-state index contributed by atoms with van der Waals surface area (Å²) in [5.41, 5.74) is 6.42. The van der Waals surface area contributed by atoms with Crippen LogP contribution in [-0.4, -0.2) is 27.0 Å². The predicted octanol–water partition coefficient (Wildman–Crippen LogP) is 2.90. The fourth-order valence-electron chi connectivity index (χ4n) is 2.07. The van der Waals surface area contributed by atoms with Crippen LogP contribution in [-0.2, 0) is 0 Å². The number of nitrogens with zero attached hydrogens (tertiary/aromatic N) is 1. The molecule has 2 aliphatic rings. The molecule has 0 aromatic heterocycles. The molecule has 0 saturated heterocycles. The van der Waals surface area contributed by atoms with Crippen LogP contribution < -0.4 is 5.73 Å². The lowest BCUT2D eigenvalue weighted by molar-refractivity contribution is 0.197. The highest BCUT2D eigenvalue weighted by Crippen LogP contribution is 2.28. The number of fused-ring (bicyclic) bond motifs is 2. The topological polar surface area (TPSA) is 106 Å². The molecule has 20 heavy (non-hydrogen) atoms. The predicted molar refractivity (Wildman–Crippen MR) is 74.2 cm³/mol. The van der Waals surface area contributed by atoms with Crippen LogP contribution in [0.4, 0.5) is 9.59 Å². The molecule has 102 valence electrons. The minimum Gasteiger partial charge on any atom is -0.465 e. The summed E-state index contributed by atoms with van der Waals surface area (Å²) in [4.78, 5) is 20.1. The number of benzene rings is 1. The normalized spacial score (nSPS) is 10.0. The highest BCUT2D eigenvalue weighted by Gasteiger charge is 2.14. The Balaban J connectivity index is 0.000000328. The zero-order valence-electron chi connectivity index (χ0n) is 10.4. The van der Waals surface area contributed by atoms with Gasteiger partial charge in [0.2, 0.25) is 0 Å². The quantitative estimate of drug-likeness (QED) is 0.585. The van der Waals surface area contributed by atoms with Crippen LogP contribution in [0.2, 0.25) is 0 Å². The van der Waals surface area contributed by atoms with E-state index in [9.17, 15) is 9.90 Å². The number of primary amides is 1. The van der Waals surface area contributed by atoms with Gasteiger partial charge in [-0.05, 0) is 29.1 Å². The second-order valence-electron chi connectivity index (χ2n) is 4.03. The molecule has 6 heteroatoms. The van der Waals surface area contributed by atoms with Crippen molar-refractivity contribution >= 4 is 23.1 Å². The third kappa shape index (κ3) is 2.54. The van der Waals surface area contributed by atoms with Gasteiger partial charge in [0.1, 0.15) is 0 Å². The minimum absolute atomic E-state index is 0.716. The van der Waals surface area contributed by atoms with Crippen LogP contribution in [0.1, 0.15) is 0 Å². The van der Waals surface area contributed by atoms with Crippen molar-refractivity contribution in [2.75, 3.05) is 0 Å². The van der Waals surface area contributed by atoms with E-state index in [1.165, 1.54) is 4.57 Å². The molecule has 0 bridgehead atoms.